The Hall–Kier alpha value is -3.79. The van der Waals surface area contributed by atoms with Crippen LogP contribution in [-0.2, 0) is 19.6 Å². The van der Waals surface area contributed by atoms with Crippen LogP contribution in [-0.4, -0.2) is 10.9 Å². The summed E-state index contributed by atoms with van der Waals surface area (Å²) in [5.41, 5.74) is 10.9. The zero-order valence-corrected chi connectivity index (χ0v) is 17.3. The Kier molecular flexibility index (Phi) is 5.04. The van der Waals surface area contributed by atoms with Gasteiger partial charge < -0.3 is 15.4 Å². The van der Waals surface area contributed by atoms with Crippen LogP contribution >= 0.6 is 0 Å². The van der Waals surface area contributed by atoms with Crippen molar-refractivity contribution in [3.63, 3.8) is 0 Å². The fraction of sp³-hybridized carbons (Fsp3) is 0.148. The predicted octanol–water partition coefficient (Wildman–Crippen LogP) is 5.41. The first-order chi connectivity index (χ1) is 15.2. The third-order valence-electron chi connectivity index (χ3n) is 5.98. The van der Waals surface area contributed by atoms with Crippen LogP contribution < -0.4 is 10.5 Å². The van der Waals surface area contributed by atoms with Crippen LogP contribution in [0, 0.1) is 5.41 Å². The van der Waals surface area contributed by atoms with Gasteiger partial charge in [0.1, 0.15) is 12.4 Å². The molecule has 4 heteroatoms. The summed E-state index contributed by atoms with van der Waals surface area (Å²) in [6.07, 6.45) is 0.862. The van der Waals surface area contributed by atoms with Gasteiger partial charge in [-0.25, -0.2) is 0 Å². The van der Waals surface area contributed by atoms with E-state index in [-0.39, 0.29) is 12.0 Å². The molecule has 0 fully saturated rings. The minimum atomic E-state index is 0.0625. The van der Waals surface area contributed by atoms with Gasteiger partial charge in [-0.2, -0.15) is 0 Å². The summed E-state index contributed by atoms with van der Waals surface area (Å²) >= 11 is 0. The zero-order valence-electron chi connectivity index (χ0n) is 17.3. The van der Waals surface area contributed by atoms with E-state index in [9.17, 15) is 0 Å². The molecule has 0 aliphatic heterocycles. The van der Waals surface area contributed by atoms with E-state index in [1.165, 1.54) is 21.9 Å². The Labute approximate surface area is 182 Å². The fourth-order valence-electron chi connectivity index (χ4n) is 4.53. The third-order valence-corrected chi connectivity index (χ3v) is 5.98. The van der Waals surface area contributed by atoms with Crippen LogP contribution in [0.2, 0.25) is 0 Å². The predicted molar refractivity (Wildman–Crippen MR) is 125 cm³/mol. The summed E-state index contributed by atoms with van der Waals surface area (Å²) in [6, 6.07) is 31.1. The first-order valence-corrected chi connectivity index (χ1v) is 10.6. The molecule has 4 aromatic rings. The molecule has 1 aliphatic carbocycles. The lowest BCUT2D eigenvalue weighted by molar-refractivity contribution is 0.299. The smallest absolute Gasteiger partial charge is 0.189 e. The van der Waals surface area contributed by atoms with Gasteiger partial charge in [0.05, 0.1) is 6.04 Å². The summed E-state index contributed by atoms with van der Waals surface area (Å²) in [7, 11) is 0. The lowest BCUT2D eigenvalue weighted by Crippen LogP contribution is -2.38. The second-order valence-electron chi connectivity index (χ2n) is 8.02. The van der Waals surface area contributed by atoms with E-state index in [0.29, 0.717) is 13.2 Å². The molecule has 0 aromatic heterocycles. The minimum absolute atomic E-state index is 0.0625. The van der Waals surface area contributed by atoms with Gasteiger partial charge in [-0.1, -0.05) is 78.9 Å². The van der Waals surface area contributed by atoms with E-state index in [4.69, 9.17) is 15.9 Å². The Bertz CT molecular complexity index is 1230. The van der Waals surface area contributed by atoms with E-state index in [2.05, 4.69) is 54.6 Å². The Balaban J connectivity index is 1.37. The molecule has 0 spiro atoms. The Morgan fingerprint density at radius 2 is 1.65 bits per heavy atom. The number of guanidine groups is 1. The highest BCUT2D eigenvalue weighted by Gasteiger charge is 2.30. The summed E-state index contributed by atoms with van der Waals surface area (Å²) in [5, 5.41) is 10.8. The van der Waals surface area contributed by atoms with Gasteiger partial charge in [-0.3, -0.25) is 5.41 Å². The average Bonchev–Trinajstić information content (AvgIpc) is 3.17. The van der Waals surface area contributed by atoms with E-state index in [1.54, 1.807) is 0 Å². The molecule has 4 nitrogen and oxygen atoms in total. The number of nitrogens with one attached hydrogen (secondary N) is 1. The van der Waals surface area contributed by atoms with Gasteiger partial charge in [0.25, 0.3) is 0 Å². The van der Waals surface area contributed by atoms with E-state index in [0.717, 1.165) is 23.3 Å². The first-order valence-electron chi connectivity index (χ1n) is 10.6. The molecule has 0 amide bonds. The monoisotopic (exact) mass is 407 g/mol. The lowest BCUT2D eigenvalue weighted by atomic mass is 10.0. The van der Waals surface area contributed by atoms with Gasteiger partial charge in [0.2, 0.25) is 0 Å². The van der Waals surface area contributed by atoms with Gasteiger partial charge in [0.15, 0.2) is 5.96 Å². The molecule has 0 radical (unpaired) electrons. The standard InChI is InChI=1S/C27H25N3O/c28-27(29)30(25-16-22-12-5-10-21-11-6-14-24(25)26(21)22)17-20-9-4-13-23(15-20)31-18-19-7-2-1-3-8-19/h1-15,25H,16-18H2,(H3,28,29)/t25-/m0/s1. The van der Waals surface area contributed by atoms with Crippen LogP contribution in [0.25, 0.3) is 10.8 Å². The van der Waals surface area contributed by atoms with Crippen LogP contribution in [0.15, 0.2) is 91.0 Å². The highest BCUT2D eigenvalue weighted by molar-refractivity contribution is 5.92. The van der Waals surface area contributed by atoms with Crippen molar-refractivity contribution >= 4 is 16.7 Å². The maximum atomic E-state index is 8.28. The summed E-state index contributed by atoms with van der Waals surface area (Å²) in [4.78, 5) is 1.99. The number of ether oxygens (including phenoxy) is 1. The molecular weight excluding hydrogens is 382 g/mol. The second kappa shape index (κ2) is 8.15. The molecule has 0 unspecified atom stereocenters. The topological polar surface area (TPSA) is 62.3 Å². The highest BCUT2D eigenvalue weighted by atomic mass is 16.5. The molecule has 4 aromatic carbocycles. The SMILES string of the molecule is N=C(N)N(Cc1cccc(OCc2ccccc2)c1)[C@H]1Cc2cccc3cccc1c23. The van der Waals surface area contributed by atoms with Gasteiger partial charge in [-0.15, -0.1) is 0 Å². The second-order valence-corrected chi connectivity index (χ2v) is 8.02. The Morgan fingerprint density at radius 3 is 2.45 bits per heavy atom. The number of hydrogen-bond acceptors (Lipinski definition) is 2. The fourth-order valence-corrected chi connectivity index (χ4v) is 4.53. The van der Waals surface area contributed by atoms with Crippen LogP contribution in [0.5, 0.6) is 5.75 Å². The normalized spacial score (nSPS) is 14.5. The van der Waals surface area contributed by atoms with Gasteiger partial charge in [-0.05, 0) is 51.6 Å². The lowest BCUT2D eigenvalue weighted by Gasteiger charge is -2.30. The molecule has 31 heavy (non-hydrogen) atoms. The van der Waals surface area contributed by atoms with Crippen molar-refractivity contribution in [2.24, 2.45) is 5.73 Å². The van der Waals surface area contributed by atoms with Crippen molar-refractivity contribution in [3.8, 4) is 5.75 Å². The largest absolute Gasteiger partial charge is 0.489 e. The number of nitrogens with zero attached hydrogens (tertiary/aromatic N) is 1. The Morgan fingerprint density at radius 1 is 0.903 bits per heavy atom. The van der Waals surface area contributed by atoms with Crippen molar-refractivity contribution in [2.45, 2.75) is 25.6 Å². The molecule has 1 atom stereocenters. The van der Waals surface area contributed by atoms with Crippen molar-refractivity contribution in [2.75, 3.05) is 0 Å². The molecule has 0 saturated heterocycles. The van der Waals surface area contributed by atoms with Crippen molar-refractivity contribution in [1.82, 2.24) is 4.90 Å². The van der Waals surface area contributed by atoms with Crippen LogP contribution in [0.1, 0.15) is 28.3 Å². The van der Waals surface area contributed by atoms with Crippen LogP contribution in [0.3, 0.4) is 0 Å². The van der Waals surface area contributed by atoms with E-state index in [1.807, 2.05) is 41.3 Å². The van der Waals surface area contributed by atoms with Gasteiger partial charge in [0, 0.05) is 6.54 Å². The molecule has 1 aliphatic rings. The van der Waals surface area contributed by atoms with E-state index < -0.39 is 0 Å². The van der Waals surface area contributed by atoms with Crippen molar-refractivity contribution in [3.05, 3.63) is 113 Å². The molecule has 0 saturated carbocycles. The zero-order chi connectivity index (χ0) is 21.2. The van der Waals surface area contributed by atoms with Crippen molar-refractivity contribution in [1.29, 1.82) is 5.41 Å². The molecule has 0 bridgehead atoms. The highest BCUT2D eigenvalue weighted by Crippen LogP contribution is 2.40. The molecule has 154 valence electrons. The van der Waals surface area contributed by atoms with E-state index >= 15 is 0 Å². The average molecular weight is 408 g/mol. The molecule has 5 rings (SSSR count). The number of nitrogens with two attached hydrogens (primary N) is 1. The maximum Gasteiger partial charge on any atom is 0.189 e. The summed E-state index contributed by atoms with van der Waals surface area (Å²) in [5.74, 6) is 0.909. The quantitative estimate of drug-likeness (QED) is 0.332. The number of benzene rings is 4. The van der Waals surface area contributed by atoms with Crippen molar-refractivity contribution < 1.29 is 4.74 Å². The molecular formula is C27H25N3O. The van der Waals surface area contributed by atoms with Crippen LogP contribution in [0.4, 0.5) is 0 Å². The minimum Gasteiger partial charge on any atom is -0.489 e. The van der Waals surface area contributed by atoms with Gasteiger partial charge >= 0.3 is 0 Å². The number of rotatable bonds is 6. The maximum absolute atomic E-state index is 8.28. The summed E-state index contributed by atoms with van der Waals surface area (Å²) in [6.45, 7) is 1.09. The first kappa shape index (κ1) is 19.2. The molecule has 0 heterocycles. The summed E-state index contributed by atoms with van der Waals surface area (Å²) < 4.78 is 5.99. The molecule has 3 N–H and O–H groups in total. The number of hydrogen-bond donors (Lipinski definition) is 2. The third kappa shape index (κ3) is 3.84.